The smallest absolute Gasteiger partial charge is 0.354 e. The number of rotatable bonds is 1. The van der Waals surface area contributed by atoms with Gasteiger partial charge in [-0.2, -0.15) is 0 Å². The molecule has 0 aromatic carbocycles. The van der Waals surface area contributed by atoms with Crippen molar-refractivity contribution in [3.05, 3.63) is 11.8 Å². The third-order valence-corrected chi connectivity index (χ3v) is 1.33. The van der Waals surface area contributed by atoms with Crippen LogP contribution < -0.4 is 5.32 Å². The van der Waals surface area contributed by atoms with Crippen molar-refractivity contribution in [2.24, 2.45) is 0 Å². The normalized spacial score (nSPS) is 19.8. The SMILES string of the molecule is COC(=O)/C=C1\NCCOC1=O. The van der Waals surface area contributed by atoms with Crippen molar-refractivity contribution in [3.8, 4) is 0 Å². The van der Waals surface area contributed by atoms with Crippen LogP contribution in [0.5, 0.6) is 0 Å². The molecule has 1 N–H and O–H groups in total. The monoisotopic (exact) mass is 171 g/mol. The summed E-state index contributed by atoms with van der Waals surface area (Å²) in [5.41, 5.74) is 0.146. The summed E-state index contributed by atoms with van der Waals surface area (Å²) in [6.45, 7) is 0.853. The van der Waals surface area contributed by atoms with Crippen molar-refractivity contribution in [2.75, 3.05) is 20.3 Å². The number of ether oxygens (including phenoxy) is 2. The summed E-state index contributed by atoms with van der Waals surface area (Å²) < 4.78 is 9.00. The Morgan fingerprint density at radius 2 is 2.50 bits per heavy atom. The molecule has 1 saturated heterocycles. The van der Waals surface area contributed by atoms with Crippen LogP contribution in [0.3, 0.4) is 0 Å². The number of hydrogen-bond donors (Lipinski definition) is 1. The Morgan fingerprint density at radius 3 is 3.08 bits per heavy atom. The first-order chi connectivity index (χ1) is 5.74. The number of carbonyl (C=O) groups excluding carboxylic acids is 2. The second-order valence-electron chi connectivity index (χ2n) is 2.14. The van der Waals surface area contributed by atoms with Crippen molar-refractivity contribution in [1.29, 1.82) is 0 Å². The number of hydrogen-bond acceptors (Lipinski definition) is 5. The quantitative estimate of drug-likeness (QED) is 0.413. The van der Waals surface area contributed by atoms with E-state index in [9.17, 15) is 9.59 Å². The highest BCUT2D eigenvalue weighted by molar-refractivity contribution is 5.96. The molecule has 0 atom stereocenters. The van der Waals surface area contributed by atoms with Gasteiger partial charge in [-0.15, -0.1) is 0 Å². The van der Waals surface area contributed by atoms with Crippen LogP contribution in [0.15, 0.2) is 11.8 Å². The lowest BCUT2D eigenvalue weighted by atomic mass is 10.3. The minimum atomic E-state index is -0.573. The summed E-state index contributed by atoms with van der Waals surface area (Å²) in [5, 5.41) is 2.72. The summed E-state index contributed by atoms with van der Waals surface area (Å²) in [4.78, 5) is 21.6. The van der Waals surface area contributed by atoms with E-state index in [1.807, 2.05) is 0 Å². The summed E-state index contributed by atoms with van der Waals surface area (Å²) in [6.07, 6.45) is 1.07. The third-order valence-electron chi connectivity index (χ3n) is 1.33. The largest absolute Gasteiger partial charge is 0.466 e. The molecule has 0 spiro atoms. The van der Waals surface area contributed by atoms with Crippen LogP contribution in [-0.2, 0) is 19.1 Å². The molecule has 5 heteroatoms. The topological polar surface area (TPSA) is 64.6 Å². The van der Waals surface area contributed by atoms with Crippen molar-refractivity contribution >= 4 is 11.9 Å². The molecular weight excluding hydrogens is 162 g/mol. The number of morpholine rings is 1. The lowest BCUT2D eigenvalue weighted by Gasteiger charge is -2.15. The zero-order valence-electron chi connectivity index (χ0n) is 6.62. The molecule has 1 fully saturated rings. The maximum absolute atomic E-state index is 10.9. The Kier molecular flexibility index (Phi) is 2.68. The molecule has 0 radical (unpaired) electrons. The number of methoxy groups -OCH3 is 1. The van der Waals surface area contributed by atoms with Crippen molar-refractivity contribution in [2.45, 2.75) is 0 Å². The van der Waals surface area contributed by atoms with Crippen molar-refractivity contribution < 1.29 is 19.1 Å². The highest BCUT2D eigenvalue weighted by Gasteiger charge is 2.16. The zero-order valence-corrected chi connectivity index (χ0v) is 6.62. The number of esters is 2. The molecule has 1 rings (SSSR count). The van der Waals surface area contributed by atoms with Gasteiger partial charge in [0, 0.05) is 6.54 Å². The van der Waals surface area contributed by atoms with Gasteiger partial charge < -0.3 is 14.8 Å². The third kappa shape index (κ3) is 1.98. The number of cyclic esters (lactones) is 1. The van der Waals surface area contributed by atoms with Gasteiger partial charge in [-0.25, -0.2) is 9.59 Å². The maximum Gasteiger partial charge on any atom is 0.354 e. The van der Waals surface area contributed by atoms with Gasteiger partial charge in [0.1, 0.15) is 12.3 Å². The average Bonchev–Trinajstić information content (AvgIpc) is 2.09. The first-order valence-electron chi connectivity index (χ1n) is 3.44. The van der Waals surface area contributed by atoms with E-state index in [0.29, 0.717) is 13.2 Å². The Hall–Kier alpha value is -1.52. The maximum atomic E-state index is 10.9. The standard InChI is InChI=1S/C7H9NO4/c1-11-6(9)4-5-7(10)12-3-2-8-5/h4,8H,2-3H2,1H3/b5-4-. The predicted molar refractivity (Wildman–Crippen MR) is 39.1 cm³/mol. The molecule has 0 aliphatic carbocycles. The Balaban J connectivity index is 2.65. The van der Waals surface area contributed by atoms with Crippen LogP contribution in [0.25, 0.3) is 0 Å². The van der Waals surface area contributed by atoms with Crippen LogP contribution in [0.1, 0.15) is 0 Å². The van der Waals surface area contributed by atoms with E-state index in [2.05, 4.69) is 14.8 Å². The molecule has 1 heterocycles. The number of nitrogens with one attached hydrogen (secondary N) is 1. The molecule has 1 aliphatic rings. The highest BCUT2D eigenvalue weighted by atomic mass is 16.5. The van der Waals surface area contributed by atoms with Crippen LogP contribution in [-0.4, -0.2) is 32.2 Å². The van der Waals surface area contributed by atoms with Gasteiger partial charge in [-0.05, 0) is 0 Å². The molecule has 0 aromatic heterocycles. The lowest BCUT2D eigenvalue weighted by Crippen LogP contribution is -2.33. The fraction of sp³-hybridized carbons (Fsp3) is 0.429. The molecule has 66 valence electrons. The Bertz CT molecular complexity index is 234. The lowest BCUT2D eigenvalue weighted by molar-refractivity contribution is -0.142. The van der Waals surface area contributed by atoms with Gasteiger partial charge in [-0.1, -0.05) is 0 Å². The summed E-state index contributed by atoms with van der Waals surface area (Å²) in [7, 11) is 1.24. The van der Waals surface area contributed by atoms with Crippen LogP contribution in [0, 0.1) is 0 Å². The number of carbonyl (C=O) groups is 2. The van der Waals surface area contributed by atoms with E-state index in [0.717, 1.165) is 6.08 Å². The summed E-state index contributed by atoms with van der Waals surface area (Å²) in [5.74, 6) is -1.09. The van der Waals surface area contributed by atoms with E-state index in [1.54, 1.807) is 0 Å². The van der Waals surface area contributed by atoms with Crippen molar-refractivity contribution in [1.82, 2.24) is 5.32 Å². The van der Waals surface area contributed by atoms with Gasteiger partial charge in [0.2, 0.25) is 0 Å². The highest BCUT2D eigenvalue weighted by Crippen LogP contribution is 1.99. The van der Waals surface area contributed by atoms with Gasteiger partial charge in [0.15, 0.2) is 0 Å². The molecule has 0 unspecified atom stereocenters. The van der Waals surface area contributed by atoms with E-state index in [1.165, 1.54) is 7.11 Å². The molecule has 1 aliphatic heterocycles. The van der Waals surface area contributed by atoms with Gasteiger partial charge >= 0.3 is 11.9 Å². The zero-order chi connectivity index (χ0) is 8.97. The minimum Gasteiger partial charge on any atom is -0.466 e. The Morgan fingerprint density at radius 1 is 1.75 bits per heavy atom. The van der Waals surface area contributed by atoms with Crippen LogP contribution >= 0.6 is 0 Å². The van der Waals surface area contributed by atoms with E-state index >= 15 is 0 Å². The first-order valence-corrected chi connectivity index (χ1v) is 3.44. The fourth-order valence-corrected chi connectivity index (χ4v) is 0.766. The minimum absolute atomic E-state index is 0.146. The molecule has 0 bridgehead atoms. The molecule has 5 nitrogen and oxygen atoms in total. The summed E-state index contributed by atoms with van der Waals surface area (Å²) >= 11 is 0. The fourth-order valence-electron chi connectivity index (χ4n) is 0.766. The predicted octanol–water partition coefficient (Wildman–Crippen LogP) is -0.810. The van der Waals surface area contributed by atoms with E-state index in [4.69, 9.17) is 0 Å². The van der Waals surface area contributed by atoms with E-state index in [-0.39, 0.29) is 5.70 Å². The molecule has 12 heavy (non-hydrogen) atoms. The summed E-state index contributed by atoms with van der Waals surface area (Å²) in [6, 6.07) is 0. The second-order valence-corrected chi connectivity index (χ2v) is 2.14. The van der Waals surface area contributed by atoms with Crippen molar-refractivity contribution in [3.63, 3.8) is 0 Å². The van der Waals surface area contributed by atoms with Gasteiger partial charge in [-0.3, -0.25) is 0 Å². The van der Waals surface area contributed by atoms with Gasteiger partial charge in [0.25, 0.3) is 0 Å². The second kappa shape index (κ2) is 3.75. The first kappa shape index (κ1) is 8.58. The van der Waals surface area contributed by atoms with E-state index < -0.39 is 11.9 Å². The van der Waals surface area contributed by atoms with Crippen LogP contribution in [0.4, 0.5) is 0 Å². The molecule has 0 amide bonds. The average molecular weight is 171 g/mol. The Labute approximate surface area is 69.3 Å². The van der Waals surface area contributed by atoms with Crippen LogP contribution in [0.2, 0.25) is 0 Å². The van der Waals surface area contributed by atoms with Gasteiger partial charge in [0.05, 0.1) is 13.2 Å². The molecular formula is C7H9NO4. The molecule has 0 saturated carbocycles. The molecule has 0 aromatic rings.